The van der Waals surface area contributed by atoms with Crippen LogP contribution in [0.25, 0.3) is 0 Å². The van der Waals surface area contributed by atoms with Crippen LogP contribution < -0.4 is 15.8 Å². The fraction of sp³-hybridized carbons (Fsp3) is 0.417. The summed E-state index contributed by atoms with van der Waals surface area (Å²) in [7, 11) is 1.65. The Bertz CT molecular complexity index is 392. The predicted octanol–water partition coefficient (Wildman–Crippen LogP) is 0.831. The minimum atomic E-state index is -0.224. The smallest absolute Gasteiger partial charge is 0.221 e. The van der Waals surface area contributed by atoms with Crippen LogP contribution in [0, 0.1) is 5.92 Å². The summed E-state index contributed by atoms with van der Waals surface area (Å²) in [5.74, 6) is 0.552. The maximum atomic E-state index is 11.1. The van der Waals surface area contributed by atoms with Gasteiger partial charge in [-0.3, -0.25) is 4.79 Å². The number of nitrogens with one attached hydrogen (secondary N) is 1. The van der Waals surface area contributed by atoms with Gasteiger partial charge in [0.1, 0.15) is 5.75 Å². The summed E-state index contributed by atoms with van der Waals surface area (Å²) in [6, 6.07) is 8.08. The molecule has 1 aromatic carbocycles. The topological polar surface area (TPSA) is 64.3 Å². The molecule has 2 atom stereocenters. The Morgan fingerprint density at radius 3 is 3.00 bits per heavy atom. The molecule has 0 spiro atoms. The Morgan fingerprint density at radius 2 is 2.38 bits per heavy atom. The van der Waals surface area contributed by atoms with Crippen molar-refractivity contribution in [3.8, 4) is 5.75 Å². The number of nitrogens with two attached hydrogens (primary N) is 1. The van der Waals surface area contributed by atoms with Crippen molar-refractivity contribution in [2.24, 2.45) is 11.7 Å². The highest BCUT2D eigenvalue weighted by atomic mass is 16.5. The number of carbonyl (C=O) groups excluding carboxylic acids is 1. The van der Waals surface area contributed by atoms with E-state index in [9.17, 15) is 4.79 Å². The minimum absolute atomic E-state index is 0.0591. The molecule has 1 saturated heterocycles. The fourth-order valence-corrected chi connectivity index (χ4v) is 2.06. The summed E-state index contributed by atoms with van der Waals surface area (Å²) in [5, 5.41) is 3.30. The lowest BCUT2D eigenvalue weighted by molar-refractivity contribution is -0.121. The standard InChI is InChI=1S/C12H16N2O2/c1-16-10-4-2-3-8(5-10)11-6-9(7-14-11)12(13)15/h2-5,9,11,14H,6-7H2,1H3,(H2,13,15). The van der Waals surface area contributed by atoms with E-state index in [0.717, 1.165) is 17.7 Å². The van der Waals surface area contributed by atoms with Crippen molar-refractivity contribution in [2.45, 2.75) is 12.5 Å². The molecule has 1 aliphatic rings. The van der Waals surface area contributed by atoms with E-state index in [0.29, 0.717) is 6.54 Å². The van der Waals surface area contributed by atoms with Crippen LogP contribution in [0.1, 0.15) is 18.0 Å². The summed E-state index contributed by atoms with van der Waals surface area (Å²) in [6.07, 6.45) is 0.766. The molecule has 4 heteroatoms. The number of carbonyl (C=O) groups is 1. The maximum absolute atomic E-state index is 11.1. The lowest BCUT2D eigenvalue weighted by Gasteiger charge is -2.11. The van der Waals surface area contributed by atoms with Crippen LogP contribution in [0.4, 0.5) is 0 Å². The van der Waals surface area contributed by atoms with Crippen molar-refractivity contribution in [1.82, 2.24) is 5.32 Å². The lowest BCUT2D eigenvalue weighted by atomic mass is 9.99. The van der Waals surface area contributed by atoms with E-state index in [2.05, 4.69) is 5.32 Å². The number of hydrogen-bond donors (Lipinski definition) is 2. The van der Waals surface area contributed by atoms with Gasteiger partial charge in [-0.05, 0) is 24.1 Å². The van der Waals surface area contributed by atoms with Gasteiger partial charge in [-0.1, -0.05) is 12.1 Å². The molecule has 1 aliphatic heterocycles. The molecule has 1 amide bonds. The Morgan fingerprint density at radius 1 is 1.56 bits per heavy atom. The molecule has 0 radical (unpaired) electrons. The number of methoxy groups -OCH3 is 1. The van der Waals surface area contributed by atoms with Gasteiger partial charge < -0.3 is 15.8 Å². The van der Waals surface area contributed by atoms with Gasteiger partial charge in [0.2, 0.25) is 5.91 Å². The summed E-state index contributed by atoms with van der Waals surface area (Å²) < 4.78 is 5.17. The number of benzene rings is 1. The first kappa shape index (κ1) is 11.0. The number of primary amides is 1. The first-order chi connectivity index (χ1) is 7.70. The van der Waals surface area contributed by atoms with Gasteiger partial charge in [-0.25, -0.2) is 0 Å². The van der Waals surface area contributed by atoms with Crippen molar-refractivity contribution >= 4 is 5.91 Å². The van der Waals surface area contributed by atoms with Gasteiger partial charge >= 0.3 is 0 Å². The molecule has 1 fully saturated rings. The third-order valence-electron chi connectivity index (χ3n) is 3.03. The second kappa shape index (κ2) is 4.53. The van der Waals surface area contributed by atoms with Gasteiger partial charge in [0.05, 0.1) is 13.0 Å². The van der Waals surface area contributed by atoms with Crippen LogP contribution in [0.3, 0.4) is 0 Å². The summed E-state index contributed by atoms with van der Waals surface area (Å²) in [5.41, 5.74) is 6.43. The van der Waals surface area contributed by atoms with E-state index >= 15 is 0 Å². The molecule has 3 N–H and O–H groups in total. The SMILES string of the molecule is COc1cccc(C2CC(C(N)=O)CN2)c1. The summed E-state index contributed by atoms with van der Waals surface area (Å²) >= 11 is 0. The van der Waals surface area contributed by atoms with Crippen LogP contribution in [-0.4, -0.2) is 19.6 Å². The van der Waals surface area contributed by atoms with Crippen LogP contribution in [0.5, 0.6) is 5.75 Å². The predicted molar refractivity (Wildman–Crippen MR) is 61.0 cm³/mol. The minimum Gasteiger partial charge on any atom is -0.497 e. The van der Waals surface area contributed by atoms with E-state index in [-0.39, 0.29) is 17.9 Å². The Kier molecular flexibility index (Phi) is 3.10. The molecule has 0 bridgehead atoms. The van der Waals surface area contributed by atoms with Crippen LogP contribution in [0.2, 0.25) is 0 Å². The van der Waals surface area contributed by atoms with E-state index in [1.165, 1.54) is 0 Å². The van der Waals surface area contributed by atoms with Crippen LogP contribution in [-0.2, 0) is 4.79 Å². The number of ether oxygens (including phenoxy) is 1. The third-order valence-corrected chi connectivity index (χ3v) is 3.03. The van der Waals surface area contributed by atoms with Crippen molar-refractivity contribution < 1.29 is 9.53 Å². The molecule has 0 aliphatic carbocycles. The highest BCUT2D eigenvalue weighted by molar-refractivity contribution is 5.77. The molecule has 2 unspecified atom stereocenters. The van der Waals surface area contributed by atoms with Gasteiger partial charge in [-0.15, -0.1) is 0 Å². The third kappa shape index (κ3) is 2.17. The average Bonchev–Trinajstić information content (AvgIpc) is 2.78. The summed E-state index contributed by atoms with van der Waals surface area (Å²) in [6.45, 7) is 0.664. The van der Waals surface area contributed by atoms with Gasteiger partial charge in [-0.2, -0.15) is 0 Å². The number of amides is 1. The largest absolute Gasteiger partial charge is 0.497 e. The van der Waals surface area contributed by atoms with Gasteiger partial charge in [0.15, 0.2) is 0 Å². The highest BCUT2D eigenvalue weighted by Gasteiger charge is 2.28. The quantitative estimate of drug-likeness (QED) is 0.793. The first-order valence-electron chi connectivity index (χ1n) is 5.37. The van der Waals surface area contributed by atoms with Crippen molar-refractivity contribution in [1.29, 1.82) is 0 Å². The fourth-order valence-electron chi connectivity index (χ4n) is 2.06. The molecular weight excluding hydrogens is 204 g/mol. The van der Waals surface area contributed by atoms with Gasteiger partial charge in [0.25, 0.3) is 0 Å². The van der Waals surface area contributed by atoms with E-state index in [1.54, 1.807) is 7.11 Å². The molecule has 16 heavy (non-hydrogen) atoms. The molecule has 86 valence electrons. The number of hydrogen-bond acceptors (Lipinski definition) is 3. The van der Waals surface area contributed by atoms with Gasteiger partial charge in [0, 0.05) is 12.6 Å². The molecule has 0 saturated carbocycles. The van der Waals surface area contributed by atoms with E-state index in [1.807, 2.05) is 24.3 Å². The molecule has 1 heterocycles. The zero-order valence-corrected chi connectivity index (χ0v) is 9.27. The summed E-state index contributed by atoms with van der Waals surface area (Å²) in [4.78, 5) is 11.1. The molecule has 4 nitrogen and oxygen atoms in total. The van der Waals surface area contributed by atoms with E-state index < -0.39 is 0 Å². The monoisotopic (exact) mass is 220 g/mol. The molecular formula is C12H16N2O2. The zero-order chi connectivity index (χ0) is 11.5. The molecule has 0 aromatic heterocycles. The molecule has 1 aromatic rings. The van der Waals surface area contributed by atoms with Crippen molar-refractivity contribution in [3.05, 3.63) is 29.8 Å². The van der Waals surface area contributed by atoms with Crippen molar-refractivity contribution in [3.63, 3.8) is 0 Å². The molecule has 2 rings (SSSR count). The van der Waals surface area contributed by atoms with E-state index in [4.69, 9.17) is 10.5 Å². The number of rotatable bonds is 3. The average molecular weight is 220 g/mol. The highest BCUT2D eigenvalue weighted by Crippen LogP contribution is 2.28. The Hall–Kier alpha value is -1.55. The lowest BCUT2D eigenvalue weighted by Crippen LogP contribution is -2.24. The maximum Gasteiger partial charge on any atom is 0.221 e. The second-order valence-electron chi connectivity index (χ2n) is 4.07. The van der Waals surface area contributed by atoms with Crippen LogP contribution >= 0.6 is 0 Å². The normalized spacial score (nSPS) is 24.3. The second-order valence-corrected chi connectivity index (χ2v) is 4.07. The van der Waals surface area contributed by atoms with Crippen molar-refractivity contribution in [2.75, 3.05) is 13.7 Å². The Labute approximate surface area is 94.8 Å². The van der Waals surface area contributed by atoms with Crippen LogP contribution in [0.15, 0.2) is 24.3 Å². The zero-order valence-electron chi connectivity index (χ0n) is 9.27. The first-order valence-corrected chi connectivity index (χ1v) is 5.37. The Balaban J connectivity index is 2.11.